The number of rotatable bonds is 5. The van der Waals surface area contributed by atoms with Crippen molar-refractivity contribution in [1.82, 2.24) is 15.3 Å². The van der Waals surface area contributed by atoms with Crippen LogP contribution in [0.25, 0.3) is 21.7 Å². The van der Waals surface area contributed by atoms with Crippen molar-refractivity contribution in [2.24, 2.45) is 0 Å². The number of ether oxygens (including phenoxy) is 2. The molecule has 0 unspecified atom stereocenters. The molecule has 2 aromatic heterocycles. The normalized spacial score (nSPS) is 11.4. The van der Waals surface area contributed by atoms with Crippen LogP contribution >= 0.6 is 0 Å². The van der Waals surface area contributed by atoms with Crippen LogP contribution in [0.15, 0.2) is 36.7 Å². The minimum atomic E-state index is -0.545. The van der Waals surface area contributed by atoms with Gasteiger partial charge in [0.1, 0.15) is 11.4 Å². The number of pyridine rings is 2. The molecular weight excluding hydrogens is 384 g/mol. The highest BCUT2D eigenvalue weighted by Crippen LogP contribution is 2.30. The summed E-state index contributed by atoms with van der Waals surface area (Å²) in [7, 11) is 3.25. The van der Waals surface area contributed by atoms with Crippen LogP contribution < -0.4 is 10.2 Å². The van der Waals surface area contributed by atoms with E-state index in [9.17, 15) is 9.59 Å². The van der Waals surface area contributed by atoms with Gasteiger partial charge < -0.3 is 19.7 Å². The molecule has 1 aromatic carbocycles. The molecule has 0 spiro atoms. The van der Waals surface area contributed by atoms with Crippen LogP contribution in [0.3, 0.4) is 0 Å². The van der Waals surface area contributed by atoms with Gasteiger partial charge in [0.15, 0.2) is 0 Å². The minimum Gasteiger partial charge on any atom is -0.465 e. The fraction of sp³-hybridized carbons (Fsp3) is 0.364. The summed E-state index contributed by atoms with van der Waals surface area (Å²) >= 11 is 0. The first-order chi connectivity index (χ1) is 14.2. The minimum absolute atomic E-state index is 0.389. The standard InChI is InChI=1S/C22H26N4O4/c1-22(2,3)30-21(28)24-10-11-26(4)19-16-8-9-23-13-17(16)15-7-6-14(20(27)29-5)12-18(15)25-19/h6-9,12-13H,10-11H2,1-5H3,(H,24,28). The van der Waals surface area contributed by atoms with E-state index in [0.717, 1.165) is 22.0 Å². The van der Waals surface area contributed by atoms with Crippen LogP contribution in [0.5, 0.6) is 0 Å². The summed E-state index contributed by atoms with van der Waals surface area (Å²) in [5.74, 6) is 0.314. The molecule has 8 heteroatoms. The summed E-state index contributed by atoms with van der Waals surface area (Å²) in [5.41, 5.74) is 0.553. The van der Waals surface area contributed by atoms with Crippen LogP contribution in [-0.4, -0.2) is 54.9 Å². The Labute approximate surface area is 175 Å². The summed E-state index contributed by atoms with van der Waals surface area (Å²) in [4.78, 5) is 34.8. The molecular formula is C22H26N4O4. The number of likely N-dealkylation sites (N-methyl/N-ethyl adjacent to an activating group) is 1. The van der Waals surface area contributed by atoms with E-state index in [2.05, 4.69) is 10.3 Å². The van der Waals surface area contributed by atoms with E-state index in [4.69, 9.17) is 14.5 Å². The molecule has 0 aliphatic heterocycles. The third-order valence-electron chi connectivity index (χ3n) is 4.47. The number of amides is 1. The maximum Gasteiger partial charge on any atom is 0.407 e. The second-order valence-electron chi connectivity index (χ2n) is 7.93. The number of benzene rings is 1. The molecule has 3 rings (SSSR count). The number of alkyl carbamates (subject to hydrolysis) is 1. The van der Waals surface area contributed by atoms with Gasteiger partial charge in [-0.15, -0.1) is 0 Å². The Morgan fingerprint density at radius 1 is 1.13 bits per heavy atom. The summed E-state index contributed by atoms with van der Waals surface area (Å²) in [6.07, 6.45) is 3.04. The highest BCUT2D eigenvalue weighted by molar-refractivity contribution is 6.11. The lowest BCUT2D eigenvalue weighted by Crippen LogP contribution is -2.37. The Kier molecular flexibility index (Phi) is 6.05. The molecule has 1 N–H and O–H groups in total. The van der Waals surface area contributed by atoms with E-state index in [0.29, 0.717) is 24.2 Å². The zero-order valence-corrected chi connectivity index (χ0v) is 17.9. The van der Waals surface area contributed by atoms with Crippen LogP contribution in [-0.2, 0) is 9.47 Å². The van der Waals surface area contributed by atoms with Gasteiger partial charge >= 0.3 is 12.1 Å². The monoisotopic (exact) mass is 410 g/mol. The molecule has 0 fully saturated rings. The van der Waals surface area contributed by atoms with Crippen LogP contribution in [0.2, 0.25) is 0 Å². The Hall–Kier alpha value is -3.42. The van der Waals surface area contributed by atoms with E-state index in [1.54, 1.807) is 24.5 Å². The van der Waals surface area contributed by atoms with Gasteiger partial charge in [-0.25, -0.2) is 14.6 Å². The highest BCUT2D eigenvalue weighted by Gasteiger charge is 2.17. The molecule has 30 heavy (non-hydrogen) atoms. The summed E-state index contributed by atoms with van der Waals surface area (Å²) in [6.45, 7) is 6.37. The lowest BCUT2D eigenvalue weighted by molar-refractivity contribution is 0.0528. The molecule has 0 atom stereocenters. The van der Waals surface area contributed by atoms with Crippen LogP contribution in [0.1, 0.15) is 31.1 Å². The number of aromatic nitrogens is 2. The third kappa shape index (κ3) is 4.76. The first-order valence-corrected chi connectivity index (χ1v) is 9.63. The molecule has 158 valence electrons. The fourth-order valence-electron chi connectivity index (χ4n) is 3.11. The molecule has 0 bridgehead atoms. The number of anilines is 1. The number of esters is 1. The van der Waals surface area contributed by atoms with Gasteiger partial charge in [-0.1, -0.05) is 6.07 Å². The van der Waals surface area contributed by atoms with Crippen molar-refractivity contribution in [3.8, 4) is 0 Å². The fourth-order valence-corrected chi connectivity index (χ4v) is 3.11. The van der Waals surface area contributed by atoms with Crippen molar-refractivity contribution >= 4 is 39.6 Å². The van der Waals surface area contributed by atoms with Gasteiger partial charge in [-0.3, -0.25) is 4.98 Å². The Morgan fingerprint density at radius 2 is 1.90 bits per heavy atom. The van der Waals surface area contributed by atoms with Gasteiger partial charge in [0.05, 0.1) is 18.2 Å². The third-order valence-corrected chi connectivity index (χ3v) is 4.47. The number of carbonyl (C=O) groups excluding carboxylic acids is 2. The molecule has 0 aliphatic carbocycles. The highest BCUT2D eigenvalue weighted by atomic mass is 16.6. The molecule has 3 aromatic rings. The van der Waals surface area contributed by atoms with Crippen molar-refractivity contribution < 1.29 is 19.1 Å². The van der Waals surface area contributed by atoms with Gasteiger partial charge in [0, 0.05) is 48.7 Å². The Morgan fingerprint density at radius 3 is 2.60 bits per heavy atom. The average Bonchev–Trinajstić information content (AvgIpc) is 2.70. The second kappa shape index (κ2) is 8.52. The van der Waals surface area contributed by atoms with Crippen molar-refractivity contribution in [2.75, 3.05) is 32.1 Å². The molecule has 0 aliphatic rings. The maximum atomic E-state index is 11.9. The lowest BCUT2D eigenvalue weighted by atomic mass is 10.1. The summed E-state index contributed by atoms with van der Waals surface area (Å²) < 4.78 is 10.1. The number of methoxy groups -OCH3 is 1. The Bertz CT molecular complexity index is 1090. The second-order valence-corrected chi connectivity index (χ2v) is 7.93. The van der Waals surface area contributed by atoms with Crippen molar-refractivity contribution in [2.45, 2.75) is 26.4 Å². The predicted molar refractivity (Wildman–Crippen MR) is 116 cm³/mol. The lowest BCUT2D eigenvalue weighted by Gasteiger charge is -2.23. The van der Waals surface area contributed by atoms with Crippen molar-refractivity contribution in [3.05, 3.63) is 42.2 Å². The van der Waals surface area contributed by atoms with Gasteiger partial charge in [-0.05, 0) is 39.0 Å². The van der Waals surface area contributed by atoms with E-state index in [1.165, 1.54) is 7.11 Å². The Balaban J connectivity index is 1.89. The van der Waals surface area contributed by atoms with Gasteiger partial charge in [0.25, 0.3) is 0 Å². The van der Waals surface area contributed by atoms with E-state index in [-0.39, 0.29) is 0 Å². The molecule has 0 saturated carbocycles. The average molecular weight is 410 g/mol. The van der Waals surface area contributed by atoms with E-state index >= 15 is 0 Å². The number of carbonyl (C=O) groups is 2. The number of nitrogens with one attached hydrogen (secondary N) is 1. The number of hydrogen-bond acceptors (Lipinski definition) is 7. The van der Waals surface area contributed by atoms with E-state index in [1.807, 2.05) is 44.9 Å². The van der Waals surface area contributed by atoms with Gasteiger partial charge in [-0.2, -0.15) is 0 Å². The number of nitrogens with zero attached hydrogens (tertiary/aromatic N) is 3. The van der Waals surface area contributed by atoms with Crippen LogP contribution in [0.4, 0.5) is 10.6 Å². The quantitative estimate of drug-likeness (QED) is 0.508. The summed E-state index contributed by atoms with van der Waals surface area (Å²) in [5, 5.41) is 5.52. The zero-order chi connectivity index (χ0) is 21.9. The predicted octanol–water partition coefficient (Wildman–Crippen LogP) is 3.53. The van der Waals surface area contributed by atoms with Crippen molar-refractivity contribution in [3.63, 3.8) is 0 Å². The molecule has 0 saturated heterocycles. The maximum absolute atomic E-state index is 11.9. The van der Waals surface area contributed by atoms with Crippen molar-refractivity contribution in [1.29, 1.82) is 0 Å². The largest absolute Gasteiger partial charge is 0.465 e. The van der Waals surface area contributed by atoms with Gasteiger partial charge in [0.2, 0.25) is 0 Å². The topological polar surface area (TPSA) is 93.7 Å². The van der Waals surface area contributed by atoms with E-state index < -0.39 is 17.7 Å². The zero-order valence-electron chi connectivity index (χ0n) is 17.9. The number of hydrogen-bond donors (Lipinski definition) is 1. The smallest absolute Gasteiger partial charge is 0.407 e. The molecule has 1 amide bonds. The molecule has 8 nitrogen and oxygen atoms in total. The molecule has 0 radical (unpaired) electrons. The number of fused-ring (bicyclic) bond motifs is 3. The SMILES string of the molecule is COC(=O)c1ccc2c(c1)nc(N(C)CCNC(=O)OC(C)(C)C)c1ccncc12. The van der Waals surface area contributed by atoms with Crippen LogP contribution in [0, 0.1) is 0 Å². The first kappa shape index (κ1) is 21.3. The molecule has 2 heterocycles. The first-order valence-electron chi connectivity index (χ1n) is 9.63. The summed E-state index contributed by atoms with van der Waals surface area (Å²) in [6, 6.07) is 7.19.